The lowest BCUT2D eigenvalue weighted by molar-refractivity contribution is 0.352. The summed E-state index contributed by atoms with van der Waals surface area (Å²) >= 11 is 0. The molecule has 2 aromatic carbocycles. The fourth-order valence-electron chi connectivity index (χ4n) is 1.69. The van der Waals surface area contributed by atoms with Crippen LogP contribution in [0.5, 0.6) is 0 Å². The lowest BCUT2D eigenvalue weighted by Crippen LogP contribution is -2.08. The zero-order valence-corrected chi connectivity index (χ0v) is 11.2. The molecular formula is C15H14O3S. The topological polar surface area (TPSA) is 43.4 Å². The van der Waals surface area contributed by atoms with Crippen LogP contribution in [-0.2, 0) is 14.3 Å². The molecule has 2 aromatic rings. The van der Waals surface area contributed by atoms with Gasteiger partial charge < -0.3 is 0 Å². The Morgan fingerprint density at radius 2 is 1.84 bits per heavy atom. The van der Waals surface area contributed by atoms with E-state index in [-0.39, 0.29) is 11.5 Å². The molecule has 3 nitrogen and oxygen atoms in total. The van der Waals surface area contributed by atoms with Gasteiger partial charge in [0.15, 0.2) is 0 Å². The van der Waals surface area contributed by atoms with Crippen LogP contribution in [-0.4, -0.2) is 15.0 Å². The van der Waals surface area contributed by atoms with E-state index in [1.165, 1.54) is 12.1 Å². The molecule has 0 aromatic heterocycles. The van der Waals surface area contributed by atoms with E-state index in [4.69, 9.17) is 4.18 Å². The van der Waals surface area contributed by atoms with E-state index in [0.29, 0.717) is 11.0 Å². The first-order valence-corrected chi connectivity index (χ1v) is 7.13. The third-order valence-corrected chi connectivity index (χ3v) is 4.03. The second-order valence-corrected chi connectivity index (χ2v) is 5.64. The Hall–Kier alpha value is -1.91. The average Bonchev–Trinajstić information content (AvgIpc) is 2.44. The van der Waals surface area contributed by atoms with Crippen LogP contribution in [0, 0.1) is 0 Å². The quantitative estimate of drug-likeness (QED) is 0.620. The van der Waals surface area contributed by atoms with Crippen molar-refractivity contribution in [2.75, 3.05) is 6.61 Å². The van der Waals surface area contributed by atoms with Gasteiger partial charge in [0.2, 0.25) is 0 Å². The summed E-state index contributed by atoms with van der Waals surface area (Å²) < 4.78 is 29.3. The lowest BCUT2D eigenvalue weighted by atomic mass is 10.1. The molecule has 0 unspecified atom stereocenters. The molecule has 0 fully saturated rings. The molecule has 0 N–H and O–H groups in total. The second-order valence-electron chi connectivity index (χ2n) is 4.06. The van der Waals surface area contributed by atoms with Gasteiger partial charge in [0.1, 0.15) is 4.90 Å². The third-order valence-electron chi connectivity index (χ3n) is 2.71. The monoisotopic (exact) mass is 274 g/mol. The molecule has 0 amide bonds. The summed E-state index contributed by atoms with van der Waals surface area (Å²) in [6.45, 7) is 7.05. The summed E-state index contributed by atoms with van der Waals surface area (Å²) in [5.74, 6) is 0. The number of fused-ring (bicyclic) bond motifs is 1. The van der Waals surface area contributed by atoms with Crippen molar-refractivity contribution in [1.29, 1.82) is 0 Å². The molecule has 0 aliphatic carbocycles. The number of rotatable bonds is 5. The molecule has 4 heteroatoms. The van der Waals surface area contributed by atoms with Crippen LogP contribution in [0.4, 0.5) is 0 Å². The fraction of sp³-hybridized carbons (Fsp3) is 0.0667. The average molecular weight is 274 g/mol. The minimum Gasteiger partial charge on any atom is -0.262 e. The highest BCUT2D eigenvalue weighted by atomic mass is 32.2. The van der Waals surface area contributed by atoms with Gasteiger partial charge in [0.05, 0.1) is 6.61 Å². The van der Waals surface area contributed by atoms with E-state index in [1.807, 2.05) is 18.2 Å². The molecule has 19 heavy (non-hydrogen) atoms. The normalized spacial score (nSPS) is 11.4. The van der Waals surface area contributed by atoms with Gasteiger partial charge in [-0.05, 0) is 17.0 Å². The van der Waals surface area contributed by atoms with Gasteiger partial charge in [-0.25, -0.2) is 0 Å². The van der Waals surface area contributed by atoms with Gasteiger partial charge in [0, 0.05) is 5.39 Å². The highest BCUT2D eigenvalue weighted by molar-refractivity contribution is 7.87. The SMILES string of the molecule is C=CC(=C)COS(=O)(=O)c1cccc2ccccc12. The fourth-order valence-corrected chi connectivity index (χ4v) is 2.82. The van der Waals surface area contributed by atoms with Gasteiger partial charge in [-0.2, -0.15) is 8.42 Å². The number of hydrogen-bond acceptors (Lipinski definition) is 3. The molecular weight excluding hydrogens is 260 g/mol. The van der Waals surface area contributed by atoms with E-state index in [9.17, 15) is 8.42 Å². The van der Waals surface area contributed by atoms with E-state index in [1.54, 1.807) is 18.2 Å². The van der Waals surface area contributed by atoms with Crippen molar-refractivity contribution in [3.63, 3.8) is 0 Å². The van der Waals surface area contributed by atoms with Gasteiger partial charge in [-0.15, -0.1) is 0 Å². The molecule has 0 atom stereocenters. The van der Waals surface area contributed by atoms with Gasteiger partial charge in [-0.3, -0.25) is 4.18 Å². The van der Waals surface area contributed by atoms with Crippen molar-refractivity contribution in [3.8, 4) is 0 Å². The zero-order valence-electron chi connectivity index (χ0n) is 10.4. The summed E-state index contributed by atoms with van der Waals surface area (Å²) in [5.41, 5.74) is 0.517. The van der Waals surface area contributed by atoms with Crippen LogP contribution < -0.4 is 0 Å². The Morgan fingerprint density at radius 1 is 1.16 bits per heavy atom. The summed E-state index contributed by atoms with van der Waals surface area (Å²) in [6, 6.07) is 12.4. The van der Waals surface area contributed by atoms with Crippen molar-refractivity contribution < 1.29 is 12.6 Å². The number of hydrogen-bond donors (Lipinski definition) is 0. The largest absolute Gasteiger partial charge is 0.297 e. The van der Waals surface area contributed by atoms with Crippen molar-refractivity contribution in [2.45, 2.75) is 4.90 Å². The maximum Gasteiger partial charge on any atom is 0.297 e. The maximum absolute atomic E-state index is 12.2. The Morgan fingerprint density at radius 3 is 2.58 bits per heavy atom. The van der Waals surface area contributed by atoms with Crippen LogP contribution in [0.2, 0.25) is 0 Å². The summed E-state index contributed by atoms with van der Waals surface area (Å²) in [5, 5.41) is 1.50. The Kier molecular flexibility index (Phi) is 3.83. The smallest absolute Gasteiger partial charge is 0.262 e. The first kappa shape index (κ1) is 13.5. The molecule has 0 saturated heterocycles. The molecule has 98 valence electrons. The van der Waals surface area contributed by atoms with Gasteiger partial charge in [-0.1, -0.05) is 55.6 Å². The molecule has 0 bridgehead atoms. The van der Waals surface area contributed by atoms with Crippen molar-refractivity contribution in [2.24, 2.45) is 0 Å². The standard InChI is InChI=1S/C15H14O3S/c1-3-12(2)11-18-19(16,17)15-10-6-8-13-7-4-5-9-14(13)15/h3-10H,1-2,11H2. The highest BCUT2D eigenvalue weighted by Gasteiger charge is 2.18. The van der Waals surface area contributed by atoms with Gasteiger partial charge in [0.25, 0.3) is 10.1 Å². The van der Waals surface area contributed by atoms with Gasteiger partial charge >= 0.3 is 0 Å². The van der Waals surface area contributed by atoms with E-state index in [2.05, 4.69) is 13.2 Å². The van der Waals surface area contributed by atoms with Crippen LogP contribution in [0.3, 0.4) is 0 Å². The molecule has 0 saturated carbocycles. The second kappa shape index (κ2) is 5.38. The highest BCUT2D eigenvalue weighted by Crippen LogP contribution is 2.24. The maximum atomic E-state index is 12.2. The molecule has 0 aliphatic heterocycles. The van der Waals surface area contributed by atoms with Crippen molar-refractivity contribution in [3.05, 3.63) is 67.3 Å². The molecule has 0 radical (unpaired) electrons. The minimum atomic E-state index is -3.80. The first-order chi connectivity index (χ1) is 9.04. The zero-order chi connectivity index (χ0) is 13.9. The van der Waals surface area contributed by atoms with E-state index >= 15 is 0 Å². The predicted molar refractivity (Wildman–Crippen MR) is 76.4 cm³/mol. The lowest BCUT2D eigenvalue weighted by Gasteiger charge is -2.08. The summed E-state index contributed by atoms with van der Waals surface area (Å²) in [6.07, 6.45) is 1.47. The first-order valence-electron chi connectivity index (χ1n) is 5.72. The Balaban J connectivity index is 2.43. The van der Waals surface area contributed by atoms with Crippen LogP contribution in [0.15, 0.2) is 72.2 Å². The van der Waals surface area contributed by atoms with Crippen molar-refractivity contribution in [1.82, 2.24) is 0 Å². The Labute approximate surface area is 113 Å². The minimum absolute atomic E-state index is 0.0882. The Bertz CT molecular complexity index is 725. The molecule has 0 aliphatic rings. The summed E-state index contributed by atoms with van der Waals surface area (Å²) in [7, 11) is -3.80. The van der Waals surface area contributed by atoms with E-state index < -0.39 is 10.1 Å². The third kappa shape index (κ3) is 2.92. The molecule has 0 heterocycles. The van der Waals surface area contributed by atoms with Crippen LogP contribution in [0.1, 0.15) is 0 Å². The van der Waals surface area contributed by atoms with Crippen LogP contribution in [0.25, 0.3) is 10.8 Å². The van der Waals surface area contributed by atoms with Crippen LogP contribution >= 0.6 is 0 Å². The van der Waals surface area contributed by atoms with E-state index in [0.717, 1.165) is 5.39 Å². The molecule has 2 rings (SSSR count). The number of benzene rings is 2. The summed E-state index contributed by atoms with van der Waals surface area (Å²) in [4.78, 5) is 0.169. The molecule has 0 spiro atoms. The van der Waals surface area contributed by atoms with Crippen molar-refractivity contribution >= 4 is 20.9 Å². The predicted octanol–water partition coefficient (Wildman–Crippen LogP) is 3.29.